The Morgan fingerprint density at radius 3 is 2.90 bits per heavy atom. The van der Waals surface area contributed by atoms with E-state index in [4.69, 9.17) is 4.74 Å². The quantitative estimate of drug-likeness (QED) is 0.830. The minimum atomic E-state index is -0.0829. The third-order valence-electron chi connectivity index (χ3n) is 2.83. The first-order valence-electron chi connectivity index (χ1n) is 6.53. The number of amides is 1. The summed E-state index contributed by atoms with van der Waals surface area (Å²) in [5.41, 5.74) is 0. The maximum absolute atomic E-state index is 11.6. The maximum atomic E-state index is 11.6. The average Bonchev–Trinajstić information content (AvgIpc) is 3.15. The first kappa shape index (κ1) is 12.6. The van der Waals surface area contributed by atoms with Crippen LogP contribution in [0.15, 0.2) is 30.3 Å². The number of hydrogen-bond acceptors (Lipinski definition) is 5. The van der Waals surface area contributed by atoms with Crippen LogP contribution >= 0.6 is 0 Å². The third-order valence-corrected chi connectivity index (χ3v) is 2.83. The first-order chi connectivity index (χ1) is 9.79. The van der Waals surface area contributed by atoms with E-state index in [9.17, 15) is 4.79 Å². The summed E-state index contributed by atoms with van der Waals surface area (Å²) in [7, 11) is 0. The highest BCUT2D eigenvalue weighted by Crippen LogP contribution is 2.18. The molecule has 0 saturated heterocycles. The third kappa shape index (κ3) is 3.53. The van der Waals surface area contributed by atoms with Crippen molar-refractivity contribution in [3.8, 4) is 5.75 Å². The molecule has 7 heteroatoms. The number of benzene rings is 1. The van der Waals surface area contributed by atoms with Gasteiger partial charge >= 0.3 is 0 Å². The van der Waals surface area contributed by atoms with Crippen LogP contribution in [0, 0.1) is 0 Å². The highest BCUT2D eigenvalue weighted by atomic mass is 16.5. The van der Waals surface area contributed by atoms with Crippen LogP contribution in [-0.2, 0) is 17.9 Å². The summed E-state index contributed by atoms with van der Waals surface area (Å²) in [6.07, 6.45) is 2.12. The van der Waals surface area contributed by atoms with E-state index in [-0.39, 0.29) is 19.1 Å². The molecule has 0 spiro atoms. The number of aromatic nitrogens is 4. The van der Waals surface area contributed by atoms with Crippen LogP contribution in [0.25, 0.3) is 0 Å². The van der Waals surface area contributed by atoms with Gasteiger partial charge in [-0.3, -0.25) is 4.79 Å². The van der Waals surface area contributed by atoms with Gasteiger partial charge in [0.25, 0.3) is 0 Å². The number of nitrogens with one attached hydrogen (secondary N) is 1. The molecule has 1 heterocycles. The predicted molar refractivity (Wildman–Crippen MR) is 69.8 cm³/mol. The molecule has 2 aromatic rings. The smallest absolute Gasteiger partial charge is 0.243 e. The fourth-order valence-corrected chi connectivity index (χ4v) is 1.70. The van der Waals surface area contributed by atoms with Gasteiger partial charge < -0.3 is 10.1 Å². The molecule has 1 aliphatic carbocycles. The standard InChI is InChI=1S/C13H15N5O2/c19-13(14-10-6-7-10)8-18-16-12(15-17-18)9-20-11-4-2-1-3-5-11/h1-5,10H,6-9H2,(H,14,19). The summed E-state index contributed by atoms with van der Waals surface area (Å²) >= 11 is 0. The molecular formula is C13H15N5O2. The van der Waals surface area contributed by atoms with Crippen LogP contribution in [0.1, 0.15) is 18.7 Å². The molecule has 104 valence electrons. The lowest BCUT2D eigenvalue weighted by Crippen LogP contribution is -2.30. The van der Waals surface area contributed by atoms with Gasteiger partial charge in [-0.25, -0.2) is 0 Å². The van der Waals surface area contributed by atoms with Gasteiger partial charge in [-0.05, 0) is 30.2 Å². The lowest BCUT2D eigenvalue weighted by atomic mass is 10.3. The van der Waals surface area contributed by atoms with Crippen molar-refractivity contribution < 1.29 is 9.53 Å². The summed E-state index contributed by atoms with van der Waals surface area (Å²) < 4.78 is 5.51. The fraction of sp³-hybridized carbons (Fsp3) is 0.385. The molecule has 1 fully saturated rings. The molecule has 20 heavy (non-hydrogen) atoms. The van der Waals surface area contributed by atoms with E-state index in [1.807, 2.05) is 30.3 Å². The zero-order valence-corrected chi connectivity index (χ0v) is 10.9. The molecule has 1 saturated carbocycles. The normalized spacial score (nSPS) is 14.0. The minimum absolute atomic E-state index is 0.0829. The molecule has 1 amide bonds. The van der Waals surface area contributed by atoms with Crippen LogP contribution in [0.3, 0.4) is 0 Å². The Morgan fingerprint density at radius 1 is 1.35 bits per heavy atom. The number of carbonyl (C=O) groups is 1. The second kappa shape index (κ2) is 5.68. The molecule has 3 rings (SSSR count). The lowest BCUT2D eigenvalue weighted by Gasteiger charge is -2.02. The van der Waals surface area contributed by atoms with Crippen LogP contribution < -0.4 is 10.1 Å². The Balaban J connectivity index is 1.49. The van der Waals surface area contributed by atoms with Gasteiger partial charge in [0, 0.05) is 6.04 Å². The lowest BCUT2D eigenvalue weighted by molar-refractivity contribution is -0.122. The van der Waals surface area contributed by atoms with E-state index < -0.39 is 0 Å². The summed E-state index contributed by atoms with van der Waals surface area (Å²) in [6.45, 7) is 0.323. The molecule has 1 aliphatic rings. The molecule has 0 radical (unpaired) electrons. The van der Waals surface area contributed by atoms with E-state index in [2.05, 4.69) is 20.7 Å². The first-order valence-corrected chi connectivity index (χ1v) is 6.53. The monoisotopic (exact) mass is 273 g/mol. The molecule has 0 bridgehead atoms. The summed E-state index contributed by atoms with van der Waals surface area (Å²) in [4.78, 5) is 12.9. The van der Waals surface area contributed by atoms with Gasteiger partial charge in [0.15, 0.2) is 6.61 Å². The van der Waals surface area contributed by atoms with Crippen molar-refractivity contribution in [1.29, 1.82) is 0 Å². The SMILES string of the molecule is O=C(Cn1nnc(COc2ccccc2)n1)NC1CC1. The van der Waals surface area contributed by atoms with Crippen molar-refractivity contribution in [2.24, 2.45) is 0 Å². The van der Waals surface area contributed by atoms with Crippen molar-refractivity contribution in [3.63, 3.8) is 0 Å². The Bertz CT molecular complexity index is 579. The Morgan fingerprint density at radius 2 is 2.15 bits per heavy atom. The fourth-order valence-electron chi connectivity index (χ4n) is 1.70. The molecule has 1 aromatic heterocycles. The largest absolute Gasteiger partial charge is 0.485 e. The van der Waals surface area contributed by atoms with E-state index in [0.29, 0.717) is 11.9 Å². The number of carbonyl (C=O) groups excluding carboxylic acids is 1. The second-order valence-corrected chi connectivity index (χ2v) is 4.68. The highest BCUT2D eigenvalue weighted by Gasteiger charge is 2.23. The van der Waals surface area contributed by atoms with E-state index in [1.54, 1.807) is 0 Å². The average molecular weight is 273 g/mol. The predicted octanol–water partition coefficient (Wildman–Crippen LogP) is 0.531. The van der Waals surface area contributed by atoms with Gasteiger partial charge in [0.2, 0.25) is 11.7 Å². The maximum Gasteiger partial charge on any atom is 0.243 e. The number of tetrazole rings is 1. The number of ether oxygens (including phenoxy) is 1. The van der Waals surface area contributed by atoms with Gasteiger partial charge in [0.1, 0.15) is 12.3 Å². The molecule has 1 aromatic carbocycles. The highest BCUT2D eigenvalue weighted by molar-refractivity contribution is 5.76. The van der Waals surface area contributed by atoms with Gasteiger partial charge in [-0.2, -0.15) is 4.80 Å². The number of hydrogen-bond donors (Lipinski definition) is 1. The van der Waals surface area contributed by atoms with Gasteiger partial charge in [0.05, 0.1) is 0 Å². The summed E-state index contributed by atoms with van der Waals surface area (Å²) in [5, 5.41) is 14.7. The minimum Gasteiger partial charge on any atom is -0.485 e. The molecule has 7 nitrogen and oxygen atoms in total. The molecular weight excluding hydrogens is 258 g/mol. The van der Waals surface area contributed by atoms with Crippen molar-refractivity contribution in [2.75, 3.05) is 0 Å². The number of rotatable bonds is 6. The second-order valence-electron chi connectivity index (χ2n) is 4.68. The van der Waals surface area contributed by atoms with E-state index >= 15 is 0 Å². The molecule has 1 N–H and O–H groups in total. The van der Waals surface area contributed by atoms with Crippen molar-refractivity contribution >= 4 is 5.91 Å². The van der Waals surface area contributed by atoms with Gasteiger partial charge in [-0.1, -0.05) is 18.2 Å². The van der Waals surface area contributed by atoms with Crippen LogP contribution in [0.4, 0.5) is 0 Å². The molecule has 0 aliphatic heterocycles. The van der Waals surface area contributed by atoms with Crippen molar-refractivity contribution in [3.05, 3.63) is 36.2 Å². The van der Waals surface area contributed by atoms with E-state index in [0.717, 1.165) is 18.6 Å². The van der Waals surface area contributed by atoms with Crippen LogP contribution in [0.2, 0.25) is 0 Å². The van der Waals surface area contributed by atoms with Crippen LogP contribution in [0.5, 0.6) is 5.75 Å². The molecule has 0 atom stereocenters. The summed E-state index contributed by atoms with van der Waals surface area (Å²) in [6, 6.07) is 9.75. The summed E-state index contributed by atoms with van der Waals surface area (Å²) in [5.74, 6) is 1.11. The Kier molecular flexibility index (Phi) is 3.58. The Hall–Kier alpha value is -2.44. The Labute approximate surface area is 115 Å². The van der Waals surface area contributed by atoms with Crippen LogP contribution in [-0.4, -0.2) is 32.2 Å². The van der Waals surface area contributed by atoms with Crippen molar-refractivity contribution in [2.45, 2.75) is 32.0 Å². The topological polar surface area (TPSA) is 81.9 Å². The number of nitrogens with zero attached hydrogens (tertiary/aromatic N) is 4. The number of para-hydroxylation sites is 1. The molecule has 0 unspecified atom stereocenters. The zero-order valence-electron chi connectivity index (χ0n) is 10.9. The van der Waals surface area contributed by atoms with Gasteiger partial charge in [-0.15, -0.1) is 10.2 Å². The van der Waals surface area contributed by atoms with E-state index in [1.165, 1.54) is 4.80 Å². The van der Waals surface area contributed by atoms with Crippen molar-refractivity contribution in [1.82, 2.24) is 25.5 Å². The zero-order chi connectivity index (χ0) is 13.8.